The molecule has 3 N–H and O–H groups in total. The van der Waals surface area contributed by atoms with Crippen LogP contribution in [0.3, 0.4) is 0 Å². The number of hydrogen-bond donors (Lipinski definition) is 3. The average Bonchev–Trinajstić information content (AvgIpc) is 3.45. The Bertz CT molecular complexity index is 1010. The first kappa shape index (κ1) is 21.5. The number of H-pyrrole nitrogens is 1. The van der Waals surface area contributed by atoms with Crippen molar-refractivity contribution in [3.05, 3.63) is 58.4 Å². The van der Waals surface area contributed by atoms with E-state index in [1.54, 1.807) is 11.3 Å². The van der Waals surface area contributed by atoms with Gasteiger partial charge in [-0.15, -0.1) is 11.3 Å². The molecule has 0 saturated carbocycles. The van der Waals surface area contributed by atoms with Crippen LogP contribution in [0.5, 0.6) is 0 Å². The standard InChI is InChI=1S/C23H28N4O3S/c1-16(21(20-7-4-14-31-20)27-10-12-30-13-11-27)26-23(29)22(28)24-9-8-17-15-25-19-6-3-2-5-18(17)19/h2-7,14-16,21,25H,8-13H2,1H3,(H,24,28)(H,26,29)/t16-,21-/m1/s1. The molecule has 3 heterocycles. The number of morpholine rings is 1. The summed E-state index contributed by atoms with van der Waals surface area (Å²) < 4.78 is 5.48. The van der Waals surface area contributed by atoms with Crippen LogP contribution in [0, 0.1) is 0 Å². The normalized spacial score (nSPS) is 16.7. The third-order valence-corrected chi connectivity index (χ3v) is 6.61. The summed E-state index contributed by atoms with van der Waals surface area (Å²) in [4.78, 5) is 31.7. The van der Waals surface area contributed by atoms with E-state index in [1.807, 2.05) is 48.8 Å². The van der Waals surface area contributed by atoms with E-state index in [1.165, 1.54) is 4.88 Å². The molecule has 2 aromatic heterocycles. The summed E-state index contributed by atoms with van der Waals surface area (Å²) in [7, 11) is 0. The summed E-state index contributed by atoms with van der Waals surface area (Å²) in [6.07, 6.45) is 2.61. The van der Waals surface area contributed by atoms with Gasteiger partial charge in [-0.25, -0.2) is 0 Å². The van der Waals surface area contributed by atoms with Gasteiger partial charge in [0, 0.05) is 47.7 Å². The predicted molar refractivity (Wildman–Crippen MR) is 122 cm³/mol. The molecule has 3 aromatic rings. The Labute approximate surface area is 185 Å². The van der Waals surface area contributed by atoms with Gasteiger partial charge in [-0.05, 0) is 36.4 Å². The molecule has 164 valence electrons. The van der Waals surface area contributed by atoms with Crippen LogP contribution in [0.25, 0.3) is 10.9 Å². The zero-order valence-electron chi connectivity index (χ0n) is 17.6. The van der Waals surface area contributed by atoms with Gasteiger partial charge in [0.25, 0.3) is 0 Å². The van der Waals surface area contributed by atoms with E-state index in [4.69, 9.17) is 4.74 Å². The fourth-order valence-corrected chi connectivity index (χ4v) is 5.10. The number of aromatic amines is 1. The van der Waals surface area contributed by atoms with E-state index in [-0.39, 0.29) is 12.1 Å². The third kappa shape index (κ3) is 5.15. The van der Waals surface area contributed by atoms with E-state index < -0.39 is 11.8 Å². The molecule has 0 unspecified atom stereocenters. The summed E-state index contributed by atoms with van der Waals surface area (Å²) in [5.41, 5.74) is 2.19. The van der Waals surface area contributed by atoms with E-state index in [0.29, 0.717) is 26.2 Å². The zero-order valence-corrected chi connectivity index (χ0v) is 18.4. The molecule has 2 amide bonds. The highest BCUT2D eigenvalue weighted by Gasteiger charge is 2.30. The first-order valence-electron chi connectivity index (χ1n) is 10.6. The van der Waals surface area contributed by atoms with Crippen molar-refractivity contribution in [2.45, 2.75) is 25.4 Å². The second kappa shape index (κ2) is 10.1. The summed E-state index contributed by atoms with van der Waals surface area (Å²) in [6, 6.07) is 11.9. The van der Waals surface area contributed by atoms with Crippen molar-refractivity contribution >= 4 is 34.1 Å². The molecule has 1 fully saturated rings. The fourth-order valence-electron chi connectivity index (χ4n) is 4.14. The van der Waals surface area contributed by atoms with Gasteiger partial charge in [-0.3, -0.25) is 14.5 Å². The first-order chi connectivity index (χ1) is 15.1. The highest BCUT2D eigenvalue weighted by molar-refractivity contribution is 7.10. The molecule has 1 aliphatic heterocycles. The molecule has 0 bridgehead atoms. The van der Waals surface area contributed by atoms with E-state index >= 15 is 0 Å². The lowest BCUT2D eigenvalue weighted by Crippen LogP contribution is -2.51. The molecule has 1 aromatic carbocycles. The lowest BCUT2D eigenvalue weighted by molar-refractivity contribution is -0.139. The topological polar surface area (TPSA) is 86.5 Å². The van der Waals surface area contributed by atoms with Gasteiger partial charge in [0.1, 0.15) is 0 Å². The van der Waals surface area contributed by atoms with Crippen molar-refractivity contribution in [1.82, 2.24) is 20.5 Å². The lowest BCUT2D eigenvalue weighted by atomic mass is 10.1. The van der Waals surface area contributed by atoms with E-state index in [9.17, 15) is 9.59 Å². The average molecular weight is 441 g/mol. The monoisotopic (exact) mass is 440 g/mol. The smallest absolute Gasteiger partial charge is 0.309 e. The van der Waals surface area contributed by atoms with Gasteiger partial charge >= 0.3 is 11.8 Å². The molecule has 0 aliphatic carbocycles. The van der Waals surface area contributed by atoms with E-state index in [0.717, 1.165) is 29.6 Å². The molecule has 7 nitrogen and oxygen atoms in total. The van der Waals surface area contributed by atoms with Crippen LogP contribution in [0.2, 0.25) is 0 Å². The van der Waals surface area contributed by atoms with Gasteiger partial charge in [0.05, 0.1) is 19.3 Å². The Morgan fingerprint density at radius 3 is 2.74 bits per heavy atom. The maximum atomic E-state index is 12.5. The van der Waals surface area contributed by atoms with Gasteiger partial charge in [0.15, 0.2) is 0 Å². The number of hydrogen-bond acceptors (Lipinski definition) is 5. The lowest BCUT2D eigenvalue weighted by Gasteiger charge is -2.37. The van der Waals surface area contributed by atoms with Crippen molar-refractivity contribution in [2.75, 3.05) is 32.8 Å². The number of para-hydroxylation sites is 1. The molecule has 2 atom stereocenters. The zero-order chi connectivity index (χ0) is 21.6. The minimum atomic E-state index is -0.599. The summed E-state index contributed by atoms with van der Waals surface area (Å²) in [6.45, 7) is 5.32. The minimum absolute atomic E-state index is 0.0203. The molecule has 1 saturated heterocycles. The molecule has 0 radical (unpaired) electrons. The highest BCUT2D eigenvalue weighted by Crippen LogP contribution is 2.29. The summed E-state index contributed by atoms with van der Waals surface area (Å²) in [5, 5.41) is 8.83. The second-order valence-corrected chi connectivity index (χ2v) is 8.72. The van der Waals surface area contributed by atoms with Crippen LogP contribution in [0.1, 0.15) is 23.4 Å². The Morgan fingerprint density at radius 1 is 1.16 bits per heavy atom. The van der Waals surface area contributed by atoms with Crippen LogP contribution in [-0.4, -0.2) is 60.6 Å². The van der Waals surface area contributed by atoms with Crippen LogP contribution in [-0.2, 0) is 20.7 Å². The number of carbonyl (C=O) groups excluding carboxylic acids is 2. The molecule has 0 spiro atoms. The van der Waals surface area contributed by atoms with Gasteiger partial charge in [-0.1, -0.05) is 24.3 Å². The number of carbonyl (C=O) groups is 2. The number of thiophene rings is 1. The van der Waals surface area contributed by atoms with Crippen LogP contribution < -0.4 is 10.6 Å². The van der Waals surface area contributed by atoms with Gasteiger partial charge in [-0.2, -0.15) is 0 Å². The Morgan fingerprint density at radius 2 is 1.97 bits per heavy atom. The number of aromatic nitrogens is 1. The number of ether oxygens (including phenoxy) is 1. The number of nitrogens with zero attached hydrogens (tertiary/aromatic N) is 1. The quantitative estimate of drug-likeness (QED) is 0.493. The molecular formula is C23H28N4O3S. The summed E-state index contributed by atoms with van der Waals surface area (Å²) >= 11 is 1.66. The van der Waals surface area contributed by atoms with E-state index in [2.05, 4.69) is 26.6 Å². The molecule has 1 aliphatic rings. The highest BCUT2D eigenvalue weighted by atomic mass is 32.1. The van der Waals surface area contributed by atoms with Crippen molar-refractivity contribution in [3.63, 3.8) is 0 Å². The number of nitrogens with one attached hydrogen (secondary N) is 3. The van der Waals surface area contributed by atoms with Gasteiger partial charge in [0.2, 0.25) is 0 Å². The van der Waals surface area contributed by atoms with Crippen LogP contribution >= 0.6 is 11.3 Å². The Kier molecular flexibility index (Phi) is 7.01. The SMILES string of the molecule is C[C@@H](NC(=O)C(=O)NCCc1c[nH]c2ccccc12)[C@H](c1cccs1)N1CCOCC1. The maximum absolute atomic E-state index is 12.5. The molecule has 4 rings (SSSR count). The second-order valence-electron chi connectivity index (χ2n) is 7.74. The Hall–Kier alpha value is -2.68. The predicted octanol–water partition coefficient (Wildman–Crippen LogP) is 2.47. The maximum Gasteiger partial charge on any atom is 0.309 e. The van der Waals surface area contributed by atoms with Crippen molar-refractivity contribution in [1.29, 1.82) is 0 Å². The Balaban J connectivity index is 1.32. The fraction of sp³-hybridized carbons (Fsp3) is 0.391. The van der Waals surface area contributed by atoms with Crippen LogP contribution in [0.4, 0.5) is 0 Å². The number of fused-ring (bicyclic) bond motifs is 1. The summed E-state index contributed by atoms with van der Waals surface area (Å²) in [5.74, 6) is -1.19. The van der Waals surface area contributed by atoms with Gasteiger partial charge < -0.3 is 20.4 Å². The number of benzene rings is 1. The van der Waals surface area contributed by atoms with Crippen LogP contribution in [0.15, 0.2) is 48.0 Å². The molecule has 8 heteroatoms. The van der Waals surface area contributed by atoms with Crippen molar-refractivity contribution < 1.29 is 14.3 Å². The molecular weight excluding hydrogens is 412 g/mol. The minimum Gasteiger partial charge on any atom is -0.379 e. The van der Waals surface area contributed by atoms with Crippen molar-refractivity contribution in [2.24, 2.45) is 0 Å². The third-order valence-electron chi connectivity index (χ3n) is 5.67. The molecule has 31 heavy (non-hydrogen) atoms. The number of amides is 2. The number of rotatable bonds is 7. The first-order valence-corrected chi connectivity index (χ1v) is 11.5. The van der Waals surface area contributed by atoms with Crippen molar-refractivity contribution in [3.8, 4) is 0 Å². The largest absolute Gasteiger partial charge is 0.379 e.